The molecule has 0 saturated heterocycles. The second-order valence-corrected chi connectivity index (χ2v) is 7.63. The maximum Gasteiger partial charge on any atom is 0.430 e. The Bertz CT molecular complexity index is 864. The zero-order valence-corrected chi connectivity index (χ0v) is 17.4. The first-order valence-electron chi connectivity index (χ1n) is 9.62. The van der Waals surface area contributed by atoms with E-state index in [4.69, 9.17) is 4.74 Å². The van der Waals surface area contributed by atoms with Gasteiger partial charge in [0.25, 0.3) is 11.5 Å². The molecule has 30 heavy (non-hydrogen) atoms. The lowest BCUT2D eigenvalue weighted by molar-refractivity contribution is -0.266. The number of rotatable bonds is 8. The summed E-state index contributed by atoms with van der Waals surface area (Å²) in [5.74, 6) is -1.91. The smallest absolute Gasteiger partial charge is 0.356 e. The predicted molar refractivity (Wildman–Crippen MR) is 108 cm³/mol. The molecule has 0 heterocycles. The third-order valence-electron chi connectivity index (χ3n) is 4.87. The molecule has 0 bridgehead atoms. The number of carbonyl (C=O) groups is 2. The van der Waals surface area contributed by atoms with Crippen molar-refractivity contribution in [1.29, 1.82) is 0 Å². The molecular weight excluding hydrogens is 395 g/mol. The average Bonchev–Trinajstić information content (AvgIpc) is 2.68. The standard InChI is InChI=1S/C23H26F3NO3/c1-15(2)14-19(20(28)17-12-10-16(3)11-13-17)27-21(29)22(30-4,23(24,25)26)18-8-6-5-7-9-18/h5-13,15,19H,14H2,1-4H3,(H,27,29)/t19-,22?/m0/s1. The minimum atomic E-state index is -5.04. The first kappa shape index (κ1) is 23.6. The molecule has 2 aromatic carbocycles. The molecule has 2 atom stereocenters. The molecule has 0 fully saturated rings. The second-order valence-electron chi connectivity index (χ2n) is 7.63. The van der Waals surface area contributed by atoms with Crippen LogP contribution in [0.3, 0.4) is 0 Å². The van der Waals surface area contributed by atoms with Crippen LogP contribution in [0.15, 0.2) is 54.6 Å². The summed E-state index contributed by atoms with van der Waals surface area (Å²) in [7, 11) is 0.833. The lowest BCUT2D eigenvalue weighted by atomic mass is 9.89. The number of nitrogens with one attached hydrogen (secondary N) is 1. The molecular formula is C23H26F3NO3. The molecule has 1 N–H and O–H groups in total. The Labute approximate surface area is 174 Å². The van der Waals surface area contributed by atoms with Crippen LogP contribution < -0.4 is 5.32 Å². The maximum absolute atomic E-state index is 14.1. The van der Waals surface area contributed by atoms with Gasteiger partial charge in [-0.1, -0.05) is 74.0 Å². The van der Waals surface area contributed by atoms with Crippen LogP contribution in [-0.4, -0.2) is 31.0 Å². The Morgan fingerprint density at radius 2 is 1.57 bits per heavy atom. The van der Waals surface area contributed by atoms with Crippen molar-refractivity contribution in [3.05, 3.63) is 71.3 Å². The molecule has 0 spiro atoms. The molecule has 2 rings (SSSR count). The second kappa shape index (κ2) is 9.43. The highest BCUT2D eigenvalue weighted by Gasteiger charge is 2.63. The average molecular weight is 421 g/mol. The van der Waals surface area contributed by atoms with Crippen molar-refractivity contribution >= 4 is 11.7 Å². The molecule has 0 radical (unpaired) electrons. The number of aryl methyl sites for hydroxylation is 1. The van der Waals surface area contributed by atoms with Gasteiger partial charge in [-0.15, -0.1) is 0 Å². The number of ketones is 1. The first-order valence-corrected chi connectivity index (χ1v) is 9.62. The van der Waals surface area contributed by atoms with E-state index in [2.05, 4.69) is 5.32 Å². The van der Waals surface area contributed by atoms with Gasteiger partial charge < -0.3 is 10.1 Å². The van der Waals surface area contributed by atoms with Crippen molar-refractivity contribution in [3.63, 3.8) is 0 Å². The van der Waals surface area contributed by atoms with Gasteiger partial charge in [0.2, 0.25) is 0 Å². The molecule has 1 amide bonds. The van der Waals surface area contributed by atoms with Crippen molar-refractivity contribution in [1.82, 2.24) is 5.32 Å². The fourth-order valence-electron chi connectivity index (χ4n) is 3.30. The lowest BCUT2D eigenvalue weighted by Gasteiger charge is -2.34. The number of amides is 1. The van der Waals surface area contributed by atoms with Crippen LogP contribution in [0.4, 0.5) is 13.2 Å². The van der Waals surface area contributed by atoms with Gasteiger partial charge in [0.05, 0.1) is 6.04 Å². The monoisotopic (exact) mass is 421 g/mol. The Balaban J connectivity index is 2.45. The van der Waals surface area contributed by atoms with Crippen LogP contribution in [0.5, 0.6) is 0 Å². The van der Waals surface area contributed by atoms with Gasteiger partial charge in [0.1, 0.15) is 0 Å². The van der Waals surface area contributed by atoms with Crippen molar-refractivity contribution in [2.75, 3.05) is 7.11 Å². The van der Waals surface area contributed by atoms with E-state index < -0.39 is 29.5 Å². The molecule has 0 aliphatic heterocycles. The number of benzene rings is 2. The van der Waals surface area contributed by atoms with E-state index in [0.717, 1.165) is 12.7 Å². The number of Topliss-reactive ketones (excluding diaryl/α,β-unsaturated/α-hetero) is 1. The summed E-state index contributed by atoms with van der Waals surface area (Å²) in [6, 6.07) is 12.2. The van der Waals surface area contributed by atoms with Crippen LogP contribution in [0.2, 0.25) is 0 Å². The highest BCUT2D eigenvalue weighted by molar-refractivity contribution is 6.03. The van der Waals surface area contributed by atoms with Crippen molar-refractivity contribution in [2.45, 2.75) is 45.0 Å². The number of hydrogen-bond acceptors (Lipinski definition) is 3. The molecule has 0 aromatic heterocycles. The van der Waals surface area contributed by atoms with Crippen molar-refractivity contribution in [3.8, 4) is 0 Å². The van der Waals surface area contributed by atoms with Gasteiger partial charge in [0.15, 0.2) is 5.78 Å². The van der Waals surface area contributed by atoms with Crippen LogP contribution in [0.25, 0.3) is 0 Å². The summed E-state index contributed by atoms with van der Waals surface area (Å²) in [5.41, 5.74) is -2.32. The first-order chi connectivity index (χ1) is 14.0. The van der Waals surface area contributed by atoms with E-state index in [1.54, 1.807) is 30.3 Å². The summed E-state index contributed by atoms with van der Waals surface area (Å²) in [4.78, 5) is 26.0. The highest BCUT2D eigenvalue weighted by atomic mass is 19.4. The van der Waals surface area contributed by atoms with Gasteiger partial charge in [-0.2, -0.15) is 13.2 Å². The van der Waals surface area contributed by atoms with Gasteiger partial charge >= 0.3 is 6.18 Å². The van der Waals surface area contributed by atoms with Crippen molar-refractivity contribution < 1.29 is 27.5 Å². The van der Waals surface area contributed by atoms with Gasteiger partial charge in [-0.25, -0.2) is 0 Å². The minimum Gasteiger partial charge on any atom is -0.356 e. The Kier molecular flexibility index (Phi) is 7.42. The zero-order chi connectivity index (χ0) is 22.5. The molecule has 0 aliphatic carbocycles. The third kappa shape index (κ3) is 4.90. The Morgan fingerprint density at radius 1 is 1.00 bits per heavy atom. The number of ether oxygens (including phenoxy) is 1. The number of alkyl halides is 3. The molecule has 7 heteroatoms. The summed E-state index contributed by atoms with van der Waals surface area (Å²) in [6.45, 7) is 5.51. The van der Waals surface area contributed by atoms with E-state index in [9.17, 15) is 22.8 Å². The van der Waals surface area contributed by atoms with Crippen LogP contribution >= 0.6 is 0 Å². The molecule has 162 valence electrons. The molecule has 4 nitrogen and oxygen atoms in total. The summed E-state index contributed by atoms with van der Waals surface area (Å²) in [6.07, 6.45) is -4.85. The van der Waals surface area contributed by atoms with E-state index in [-0.39, 0.29) is 17.9 Å². The third-order valence-corrected chi connectivity index (χ3v) is 4.87. The van der Waals surface area contributed by atoms with Crippen LogP contribution in [-0.2, 0) is 15.1 Å². The number of halogens is 3. The summed E-state index contributed by atoms with van der Waals surface area (Å²) >= 11 is 0. The normalized spacial score (nSPS) is 14.8. The summed E-state index contributed by atoms with van der Waals surface area (Å²) < 4.78 is 47.2. The lowest BCUT2D eigenvalue weighted by Crippen LogP contribution is -2.58. The van der Waals surface area contributed by atoms with E-state index >= 15 is 0 Å². The zero-order valence-electron chi connectivity index (χ0n) is 17.4. The number of carbonyl (C=O) groups excluding carboxylic acids is 2. The SMILES string of the molecule is COC(C(=O)N[C@@H](CC(C)C)C(=O)c1ccc(C)cc1)(c1ccccc1)C(F)(F)F. The molecule has 1 unspecified atom stereocenters. The van der Waals surface area contributed by atoms with Crippen LogP contribution in [0, 0.1) is 12.8 Å². The van der Waals surface area contributed by atoms with Gasteiger partial charge in [0, 0.05) is 18.2 Å². The topological polar surface area (TPSA) is 55.4 Å². The Morgan fingerprint density at radius 3 is 2.03 bits per heavy atom. The highest BCUT2D eigenvalue weighted by Crippen LogP contribution is 2.42. The Hall–Kier alpha value is -2.67. The minimum absolute atomic E-state index is 0.0377. The van der Waals surface area contributed by atoms with E-state index in [1.165, 1.54) is 24.3 Å². The fraction of sp³-hybridized carbons (Fsp3) is 0.391. The number of hydrogen-bond donors (Lipinski definition) is 1. The quantitative estimate of drug-likeness (QED) is 0.622. The molecule has 2 aromatic rings. The van der Waals surface area contributed by atoms with Gasteiger partial charge in [-0.05, 0) is 19.3 Å². The van der Waals surface area contributed by atoms with E-state index in [0.29, 0.717) is 5.56 Å². The summed E-state index contributed by atoms with van der Waals surface area (Å²) in [5, 5.41) is 2.32. The largest absolute Gasteiger partial charge is 0.430 e. The van der Waals surface area contributed by atoms with E-state index in [1.807, 2.05) is 20.8 Å². The van der Waals surface area contributed by atoms with Crippen molar-refractivity contribution in [2.24, 2.45) is 5.92 Å². The molecule has 0 aliphatic rings. The predicted octanol–water partition coefficient (Wildman–Crippen LogP) is 4.81. The number of methoxy groups -OCH3 is 1. The maximum atomic E-state index is 14.1. The molecule has 0 saturated carbocycles. The van der Waals surface area contributed by atoms with Crippen LogP contribution in [0.1, 0.15) is 41.8 Å². The fourth-order valence-corrected chi connectivity index (χ4v) is 3.30. The van der Waals surface area contributed by atoms with Gasteiger partial charge in [-0.3, -0.25) is 9.59 Å².